The van der Waals surface area contributed by atoms with Crippen molar-refractivity contribution >= 4 is 11.7 Å². The zero-order chi connectivity index (χ0) is 19.2. The zero-order valence-electron chi connectivity index (χ0n) is 15.9. The molecule has 1 aromatic heterocycles. The number of rotatable bonds is 7. The quantitative estimate of drug-likeness (QED) is 0.765. The summed E-state index contributed by atoms with van der Waals surface area (Å²) in [6.07, 6.45) is 2.11. The van der Waals surface area contributed by atoms with Crippen LogP contribution in [0.4, 0.5) is 5.82 Å². The fourth-order valence-electron chi connectivity index (χ4n) is 3.07. The molecule has 2 N–H and O–H groups in total. The van der Waals surface area contributed by atoms with Crippen molar-refractivity contribution in [1.29, 1.82) is 0 Å². The molecule has 1 aromatic carbocycles. The second-order valence-electron chi connectivity index (χ2n) is 6.50. The highest BCUT2D eigenvalue weighted by molar-refractivity contribution is 5.91. The van der Waals surface area contributed by atoms with Crippen LogP contribution in [0.1, 0.15) is 17.5 Å². The van der Waals surface area contributed by atoms with Gasteiger partial charge in [-0.1, -0.05) is 6.07 Å². The molecule has 0 bridgehead atoms. The molecule has 27 heavy (non-hydrogen) atoms. The Bertz CT molecular complexity index is 784. The minimum absolute atomic E-state index is 0.0428. The first-order valence-corrected chi connectivity index (χ1v) is 8.95. The number of nitrogens with one attached hydrogen (secondary N) is 2. The first-order chi connectivity index (χ1) is 13.1. The van der Waals surface area contributed by atoms with Crippen LogP contribution in [0.25, 0.3) is 0 Å². The highest BCUT2D eigenvalue weighted by Crippen LogP contribution is 2.28. The smallest absolute Gasteiger partial charge is 0.227 e. The predicted molar refractivity (Wildman–Crippen MR) is 101 cm³/mol. The fraction of sp³-hybridized carbons (Fsp3) is 0.474. The normalized spacial score (nSPS) is 16.8. The van der Waals surface area contributed by atoms with Crippen LogP contribution in [-0.4, -0.2) is 55.7 Å². The summed E-state index contributed by atoms with van der Waals surface area (Å²) in [5.41, 5.74) is 1.91. The largest absolute Gasteiger partial charge is 0.493 e. The van der Waals surface area contributed by atoms with Gasteiger partial charge in [-0.25, -0.2) is 4.68 Å². The average Bonchev–Trinajstić information content (AvgIpc) is 3.02. The van der Waals surface area contributed by atoms with E-state index in [4.69, 9.17) is 14.2 Å². The molecular weight excluding hydrogens is 348 g/mol. The van der Waals surface area contributed by atoms with Gasteiger partial charge in [0.15, 0.2) is 11.5 Å². The summed E-state index contributed by atoms with van der Waals surface area (Å²) in [7, 11) is 3.21. The lowest BCUT2D eigenvalue weighted by Gasteiger charge is -2.23. The lowest BCUT2D eigenvalue weighted by molar-refractivity contribution is -0.117. The van der Waals surface area contributed by atoms with E-state index < -0.39 is 0 Å². The van der Waals surface area contributed by atoms with Gasteiger partial charge in [-0.15, -0.1) is 0 Å². The van der Waals surface area contributed by atoms with E-state index in [-0.39, 0.29) is 11.9 Å². The van der Waals surface area contributed by atoms with Crippen molar-refractivity contribution in [3.8, 4) is 11.5 Å². The molecule has 1 atom stereocenters. The van der Waals surface area contributed by atoms with Gasteiger partial charge in [0, 0.05) is 24.6 Å². The molecule has 8 nitrogen and oxygen atoms in total. The Morgan fingerprint density at radius 1 is 1.37 bits per heavy atom. The summed E-state index contributed by atoms with van der Waals surface area (Å²) in [5, 5.41) is 10.7. The van der Waals surface area contributed by atoms with Crippen LogP contribution in [-0.2, 0) is 16.1 Å². The van der Waals surface area contributed by atoms with Gasteiger partial charge in [-0.05, 0) is 24.6 Å². The highest BCUT2D eigenvalue weighted by atomic mass is 16.5. The minimum Gasteiger partial charge on any atom is -0.493 e. The van der Waals surface area contributed by atoms with Gasteiger partial charge in [0.1, 0.15) is 5.82 Å². The van der Waals surface area contributed by atoms with Crippen molar-refractivity contribution in [2.75, 3.05) is 39.3 Å². The number of morpholine rings is 1. The number of aryl methyl sites for hydroxylation is 1. The molecule has 2 heterocycles. The molecule has 8 heteroatoms. The van der Waals surface area contributed by atoms with Crippen molar-refractivity contribution in [3.63, 3.8) is 0 Å². The van der Waals surface area contributed by atoms with E-state index in [1.54, 1.807) is 25.1 Å². The van der Waals surface area contributed by atoms with Crippen molar-refractivity contribution in [2.24, 2.45) is 0 Å². The maximum absolute atomic E-state index is 12.4. The number of ether oxygens (including phenoxy) is 3. The summed E-state index contributed by atoms with van der Waals surface area (Å²) < 4.78 is 17.8. The van der Waals surface area contributed by atoms with Crippen molar-refractivity contribution < 1.29 is 19.0 Å². The van der Waals surface area contributed by atoms with Gasteiger partial charge in [-0.2, -0.15) is 5.10 Å². The summed E-state index contributed by atoms with van der Waals surface area (Å²) in [5.74, 6) is 1.98. The Hall–Kier alpha value is -2.58. The highest BCUT2D eigenvalue weighted by Gasteiger charge is 2.19. The number of benzene rings is 1. The molecule has 3 rings (SSSR count). The van der Waals surface area contributed by atoms with Gasteiger partial charge < -0.3 is 24.8 Å². The third-order valence-corrected chi connectivity index (χ3v) is 4.49. The number of carbonyl (C=O) groups is 1. The molecular formula is C19H26N4O4. The third kappa shape index (κ3) is 4.78. The van der Waals surface area contributed by atoms with Crippen LogP contribution in [0, 0.1) is 6.92 Å². The van der Waals surface area contributed by atoms with Gasteiger partial charge >= 0.3 is 0 Å². The molecule has 1 aliphatic heterocycles. The zero-order valence-corrected chi connectivity index (χ0v) is 15.9. The molecule has 1 fully saturated rings. The molecule has 1 unspecified atom stereocenters. The first-order valence-electron chi connectivity index (χ1n) is 8.95. The minimum atomic E-state index is -0.0600. The molecule has 0 spiro atoms. The van der Waals surface area contributed by atoms with Gasteiger partial charge in [-0.3, -0.25) is 4.79 Å². The molecule has 0 radical (unpaired) electrons. The summed E-state index contributed by atoms with van der Waals surface area (Å²) in [6, 6.07) is 5.76. The van der Waals surface area contributed by atoms with Gasteiger partial charge in [0.25, 0.3) is 0 Å². The maximum Gasteiger partial charge on any atom is 0.227 e. The standard InChI is InChI=1S/C19H26N4O4/c1-13-10-21-23(11-14-4-5-16(25-2)17(8-14)26-3)19(13)22-18(24)9-15-12-27-7-6-20-15/h4-5,8,10,15,20H,6-7,9,11-12H2,1-3H3,(H,22,24). The fourth-order valence-corrected chi connectivity index (χ4v) is 3.07. The van der Waals surface area contributed by atoms with Crippen LogP contribution in [0.5, 0.6) is 11.5 Å². The molecule has 1 amide bonds. The molecule has 1 saturated heterocycles. The van der Waals surface area contributed by atoms with Gasteiger partial charge in [0.2, 0.25) is 5.91 Å². The summed E-state index contributed by atoms with van der Waals surface area (Å²) >= 11 is 0. The van der Waals surface area contributed by atoms with E-state index in [0.717, 1.165) is 17.7 Å². The Balaban J connectivity index is 1.70. The van der Waals surface area contributed by atoms with E-state index in [1.807, 2.05) is 25.1 Å². The second kappa shape index (κ2) is 8.88. The van der Waals surface area contributed by atoms with Crippen LogP contribution < -0.4 is 20.1 Å². The van der Waals surface area contributed by atoms with Crippen LogP contribution >= 0.6 is 0 Å². The van der Waals surface area contributed by atoms with E-state index in [0.29, 0.717) is 43.5 Å². The number of aromatic nitrogens is 2. The van der Waals surface area contributed by atoms with E-state index in [1.165, 1.54) is 0 Å². The number of amides is 1. The SMILES string of the molecule is COc1ccc(Cn2ncc(C)c2NC(=O)CC2COCCN2)cc1OC. The molecule has 0 aliphatic carbocycles. The average molecular weight is 374 g/mol. The number of anilines is 1. The van der Waals surface area contributed by atoms with E-state index in [2.05, 4.69) is 15.7 Å². The molecule has 2 aromatic rings. The van der Waals surface area contributed by atoms with E-state index >= 15 is 0 Å². The van der Waals surface area contributed by atoms with E-state index in [9.17, 15) is 4.79 Å². The molecule has 0 saturated carbocycles. The Labute approximate surface area is 158 Å². The van der Waals surface area contributed by atoms with Gasteiger partial charge in [0.05, 0.1) is 40.2 Å². The van der Waals surface area contributed by atoms with Crippen LogP contribution in [0.15, 0.2) is 24.4 Å². The van der Waals surface area contributed by atoms with Crippen LogP contribution in [0.2, 0.25) is 0 Å². The number of carbonyl (C=O) groups excluding carboxylic acids is 1. The molecule has 146 valence electrons. The number of methoxy groups -OCH3 is 2. The predicted octanol–water partition coefficient (Wildman–Crippen LogP) is 1.57. The number of hydrogen-bond acceptors (Lipinski definition) is 6. The lowest BCUT2D eigenvalue weighted by Crippen LogP contribution is -2.43. The summed E-state index contributed by atoms with van der Waals surface area (Å²) in [6.45, 7) is 4.45. The summed E-state index contributed by atoms with van der Waals surface area (Å²) in [4.78, 5) is 12.4. The Kier molecular flexibility index (Phi) is 6.31. The lowest BCUT2D eigenvalue weighted by atomic mass is 10.2. The Morgan fingerprint density at radius 3 is 2.89 bits per heavy atom. The Morgan fingerprint density at radius 2 is 2.19 bits per heavy atom. The first kappa shape index (κ1) is 19.2. The van der Waals surface area contributed by atoms with Crippen LogP contribution in [0.3, 0.4) is 0 Å². The topological polar surface area (TPSA) is 86.6 Å². The van der Waals surface area contributed by atoms with Crippen molar-refractivity contribution in [3.05, 3.63) is 35.5 Å². The maximum atomic E-state index is 12.4. The van der Waals surface area contributed by atoms with Crippen molar-refractivity contribution in [2.45, 2.75) is 25.9 Å². The number of nitrogens with zero attached hydrogens (tertiary/aromatic N) is 2. The van der Waals surface area contributed by atoms with Crippen molar-refractivity contribution in [1.82, 2.24) is 15.1 Å². The monoisotopic (exact) mass is 374 g/mol. The third-order valence-electron chi connectivity index (χ3n) is 4.49. The molecule has 1 aliphatic rings. The number of hydrogen-bond donors (Lipinski definition) is 2. The second-order valence-corrected chi connectivity index (χ2v) is 6.50.